The molecule has 0 radical (unpaired) electrons. The van der Waals surface area contributed by atoms with Crippen molar-refractivity contribution in [1.82, 2.24) is 24.1 Å². The lowest BCUT2D eigenvalue weighted by Gasteiger charge is -2.23. The zero-order chi connectivity index (χ0) is 40.0. The molecule has 7 aromatic carbocycles. The summed E-state index contributed by atoms with van der Waals surface area (Å²) in [4.78, 5) is 15.2. The molecule has 0 fully saturated rings. The molecule has 13 rings (SSSR count). The Bertz CT molecular complexity index is 3480. The fraction of sp³-hybridized carbons (Fsp3) is 0.0893. The number of benzene rings is 7. The van der Waals surface area contributed by atoms with Gasteiger partial charge in [-0.05, 0) is 102 Å². The van der Waals surface area contributed by atoms with Crippen LogP contribution in [-0.4, -0.2) is 24.1 Å². The molecule has 5 heteroatoms. The third-order valence-electron chi connectivity index (χ3n) is 13.2. The van der Waals surface area contributed by atoms with E-state index in [0.717, 1.165) is 42.4 Å². The lowest BCUT2D eigenvalue weighted by Crippen LogP contribution is -2.13. The molecular weight excluding hydrogens is 743 g/mol. The lowest BCUT2D eigenvalue weighted by atomic mass is 9.87. The van der Waals surface area contributed by atoms with E-state index in [-0.39, 0.29) is 6.04 Å². The van der Waals surface area contributed by atoms with Crippen LogP contribution in [0.25, 0.3) is 95.8 Å². The largest absolute Gasteiger partial charge is 0.333 e. The predicted octanol–water partition coefficient (Wildman–Crippen LogP) is 13.1. The first-order chi connectivity index (χ1) is 30.2. The van der Waals surface area contributed by atoms with E-state index in [9.17, 15) is 0 Å². The summed E-state index contributed by atoms with van der Waals surface area (Å²) < 4.78 is 5.12. The zero-order valence-electron chi connectivity index (χ0n) is 33.5. The third-order valence-corrected chi connectivity index (χ3v) is 13.2. The van der Waals surface area contributed by atoms with Crippen molar-refractivity contribution in [1.29, 1.82) is 0 Å². The molecule has 10 aromatic rings. The molecule has 0 spiro atoms. The Morgan fingerprint density at radius 2 is 1.16 bits per heavy atom. The van der Waals surface area contributed by atoms with Crippen LogP contribution < -0.4 is 0 Å². The quantitative estimate of drug-likeness (QED) is 0.175. The maximum Gasteiger partial charge on any atom is 0.164 e. The second kappa shape index (κ2) is 13.4. The highest BCUT2D eigenvalue weighted by Crippen LogP contribution is 2.48. The molecule has 0 amide bonds. The summed E-state index contributed by atoms with van der Waals surface area (Å²) in [6.45, 7) is 0. The van der Waals surface area contributed by atoms with Crippen LogP contribution in [0.5, 0.6) is 0 Å². The number of hydrogen-bond donors (Lipinski definition) is 0. The Labute approximate surface area is 353 Å². The van der Waals surface area contributed by atoms with E-state index in [1.165, 1.54) is 83.0 Å². The minimum atomic E-state index is 0.139. The highest BCUT2D eigenvalue weighted by atomic mass is 15.0. The summed E-state index contributed by atoms with van der Waals surface area (Å²) in [5.74, 6) is 2.04. The highest BCUT2D eigenvalue weighted by molar-refractivity contribution is 6.25. The van der Waals surface area contributed by atoms with Crippen LogP contribution in [0.15, 0.2) is 170 Å². The molecule has 5 nitrogen and oxygen atoms in total. The molecule has 0 N–H and O–H groups in total. The summed E-state index contributed by atoms with van der Waals surface area (Å²) in [5, 5.41) is 3.99. The van der Waals surface area contributed by atoms with Gasteiger partial charge in [0.15, 0.2) is 17.5 Å². The second-order valence-corrected chi connectivity index (χ2v) is 16.6. The molecule has 61 heavy (non-hydrogen) atoms. The Kier molecular flexibility index (Phi) is 7.55. The van der Waals surface area contributed by atoms with Gasteiger partial charge in [-0.15, -0.1) is 0 Å². The highest BCUT2D eigenvalue weighted by Gasteiger charge is 2.29. The molecule has 1 atom stereocenters. The second-order valence-electron chi connectivity index (χ2n) is 16.6. The molecule has 0 aliphatic heterocycles. The lowest BCUT2D eigenvalue weighted by molar-refractivity contribution is 0.636. The number of allylic oxidation sites excluding steroid dienone is 2. The zero-order valence-corrected chi connectivity index (χ0v) is 33.5. The third kappa shape index (κ3) is 5.37. The fourth-order valence-corrected chi connectivity index (χ4v) is 10.4. The van der Waals surface area contributed by atoms with Crippen molar-refractivity contribution in [2.24, 2.45) is 0 Å². The van der Waals surface area contributed by atoms with Crippen LogP contribution in [0.4, 0.5) is 0 Å². The van der Waals surface area contributed by atoms with Gasteiger partial charge in [0.05, 0.1) is 17.1 Å². The number of rotatable bonds is 5. The van der Waals surface area contributed by atoms with Gasteiger partial charge in [0, 0.05) is 55.3 Å². The molecule has 0 saturated carbocycles. The van der Waals surface area contributed by atoms with E-state index < -0.39 is 0 Å². The predicted molar refractivity (Wildman–Crippen MR) is 250 cm³/mol. The molecule has 1 unspecified atom stereocenters. The molecule has 3 heterocycles. The number of para-hydroxylation sites is 2. The molecule has 3 aliphatic carbocycles. The molecule has 0 bridgehead atoms. The number of nitrogens with zero attached hydrogens (tertiary/aromatic N) is 5. The fourth-order valence-electron chi connectivity index (χ4n) is 10.4. The van der Waals surface area contributed by atoms with Crippen LogP contribution in [-0.2, 0) is 25.7 Å². The summed E-state index contributed by atoms with van der Waals surface area (Å²) in [6, 6.07) is 57.4. The van der Waals surface area contributed by atoms with E-state index in [4.69, 9.17) is 15.0 Å². The number of fused-ring (bicyclic) bond motifs is 11. The van der Waals surface area contributed by atoms with Crippen LogP contribution in [0.3, 0.4) is 0 Å². The van der Waals surface area contributed by atoms with E-state index in [2.05, 4.69) is 173 Å². The van der Waals surface area contributed by atoms with Crippen molar-refractivity contribution in [3.05, 3.63) is 203 Å². The summed E-state index contributed by atoms with van der Waals surface area (Å²) in [7, 11) is 0. The average molecular weight is 782 g/mol. The normalized spacial score (nSPS) is 15.0. The maximum atomic E-state index is 5.11. The Hall–Kier alpha value is -7.63. The van der Waals surface area contributed by atoms with E-state index in [1.54, 1.807) is 0 Å². The number of hydrogen-bond acceptors (Lipinski definition) is 3. The van der Waals surface area contributed by atoms with Gasteiger partial charge >= 0.3 is 0 Å². The topological polar surface area (TPSA) is 48.5 Å². The van der Waals surface area contributed by atoms with Crippen molar-refractivity contribution in [3.63, 3.8) is 0 Å². The van der Waals surface area contributed by atoms with E-state index >= 15 is 0 Å². The monoisotopic (exact) mass is 781 g/mol. The molecule has 288 valence electrons. The molecule has 3 aromatic heterocycles. The summed E-state index contributed by atoms with van der Waals surface area (Å²) >= 11 is 0. The number of aromatic nitrogens is 5. The van der Waals surface area contributed by atoms with Gasteiger partial charge in [-0.2, -0.15) is 0 Å². The first kappa shape index (κ1) is 34.3. The van der Waals surface area contributed by atoms with Gasteiger partial charge in [0.25, 0.3) is 0 Å². The van der Waals surface area contributed by atoms with E-state index in [1.807, 2.05) is 18.2 Å². The maximum absolute atomic E-state index is 5.11. The smallest absolute Gasteiger partial charge is 0.164 e. The molecular formula is C56H39N5. The van der Waals surface area contributed by atoms with Crippen LogP contribution >= 0.6 is 0 Å². The van der Waals surface area contributed by atoms with Crippen molar-refractivity contribution in [2.75, 3.05) is 0 Å². The minimum Gasteiger partial charge on any atom is -0.333 e. The van der Waals surface area contributed by atoms with Crippen molar-refractivity contribution < 1.29 is 0 Å². The van der Waals surface area contributed by atoms with Crippen molar-refractivity contribution >= 4 is 44.9 Å². The van der Waals surface area contributed by atoms with Crippen molar-refractivity contribution in [2.45, 2.75) is 31.7 Å². The SMILES string of the molecule is C1=Cc2cc(-c3nc(-c4ccccc4)nc(-c4ccc5c(c4)C=CC(n4c6ccccc6c6c7c8c(n(-c9ccccc9)c7ccc64)CCc4ccccc4-8)C5)n3)ccc2C1. The van der Waals surface area contributed by atoms with Gasteiger partial charge in [0.1, 0.15) is 0 Å². The molecule has 0 saturated heterocycles. The standard InChI is InChI=1S/C56H39N5/c1-3-13-37(14-4-1)54-57-55(41-24-22-35-15-11-16-38(35)32-41)59-56(58-54)42-25-23-40-34-44(28-26-39(40)33-42)61-47-21-10-9-20-46(47)52-49(61)30-31-50-53(52)51-45-19-8-7-12-36(45)27-29-48(51)60(50)43-17-5-2-6-18-43/h1-14,16-26,28,30-33,44H,15,27,29,34H2. The Balaban J connectivity index is 0.940. The van der Waals surface area contributed by atoms with Gasteiger partial charge in [-0.3, -0.25) is 0 Å². The minimum absolute atomic E-state index is 0.139. The van der Waals surface area contributed by atoms with Gasteiger partial charge in [-0.25, -0.2) is 15.0 Å². The number of aryl methyl sites for hydroxylation is 1. The average Bonchev–Trinajstić information content (AvgIpc) is 4.04. The van der Waals surface area contributed by atoms with Gasteiger partial charge in [-0.1, -0.05) is 140 Å². The van der Waals surface area contributed by atoms with E-state index in [0.29, 0.717) is 17.5 Å². The Morgan fingerprint density at radius 1 is 0.492 bits per heavy atom. The van der Waals surface area contributed by atoms with Crippen molar-refractivity contribution in [3.8, 4) is 51.0 Å². The first-order valence-electron chi connectivity index (χ1n) is 21.4. The van der Waals surface area contributed by atoms with Crippen LogP contribution in [0.1, 0.15) is 39.6 Å². The first-order valence-corrected chi connectivity index (χ1v) is 21.4. The summed E-state index contributed by atoms with van der Waals surface area (Å²) in [6.07, 6.45) is 13.0. The van der Waals surface area contributed by atoms with Gasteiger partial charge < -0.3 is 9.13 Å². The van der Waals surface area contributed by atoms with Crippen LogP contribution in [0.2, 0.25) is 0 Å². The van der Waals surface area contributed by atoms with Crippen LogP contribution in [0, 0.1) is 0 Å². The molecule has 3 aliphatic rings. The summed E-state index contributed by atoms with van der Waals surface area (Å²) in [5.41, 5.74) is 18.6. The van der Waals surface area contributed by atoms with Gasteiger partial charge in [0.2, 0.25) is 0 Å². The Morgan fingerprint density at radius 3 is 1.98 bits per heavy atom.